The lowest BCUT2D eigenvalue weighted by Crippen LogP contribution is -2.41. The fraction of sp³-hybridized carbons (Fsp3) is 1.00. The third-order valence-electron chi connectivity index (χ3n) is 2.59. The predicted octanol–water partition coefficient (Wildman–Crippen LogP) is -0.702. The number of fused-ring (bicyclic) bond motifs is 1. The van der Waals surface area contributed by atoms with Crippen molar-refractivity contribution in [2.75, 3.05) is 54.4 Å². The molecule has 2 aliphatic rings. The highest BCUT2D eigenvalue weighted by Crippen LogP contribution is 2.19. The minimum absolute atomic E-state index is 0.611. The quantitative estimate of drug-likeness (QED) is 0.540. The van der Waals surface area contributed by atoms with Crippen LogP contribution in [0.2, 0.25) is 0 Å². The first kappa shape index (κ1) is 10.9. The molecule has 78 valence electrons. The van der Waals surface area contributed by atoms with Crippen molar-refractivity contribution < 1.29 is 0 Å². The molecule has 0 aromatic heterocycles. The van der Waals surface area contributed by atoms with E-state index in [0.29, 0.717) is 6.29 Å². The summed E-state index contributed by atoms with van der Waals surface area (Å²) >= 11 is 0. The fourth-order valence-electron chi connectivity index (χ4n) is 2.04. The zero-order valence-corrected chi connectivity index (χ0v) is 9.25. The molecule has 1 N–H and O–H groups in total. The van der Waals surface area contributed by atoms with E-state index >= 15 is 0 Å². The van der Waals surface area contributed by atoms with Crippen molar-refractivity contribution in [3.63, 3.8) is 0 Å². The predicted molar refractivity (Wildman–Crippen MR) is 55.6 cm³/mol. The van der Waals surface area contributed by atoms with E-state index < -0.39 is 0 Å². The molecule has 0 unspecified atom stereocenters. The molecule has 2 aliphatic heterocycles. The van der Waals surface area contributed by atoms with Crippen LogP contribution in [0.25, 0.3) is 0 Å². The molecule has 0 aliphatic carbocycles. The van der Waals surface area contributed by atoms with E-state index in [2.05, 4.69) is 34.1 Å². The minimum atomic E-state index is 0.611. The van der Waals surface area contributed by atoms with Crippen molar-refractivity contribution in [1.82, 2.24) is 20.0 Å². The van der Waals surface area contributed by atoms with E-state index in [9.17, 15) is 0 Å². The molecule has 0 amide bonds. The van der Waals surface area contributed by atoms with Gasteiger partial charge in [-0.3, -0.25) is 14.7 Å². The second kappa shape index (κ2) is 4.91. The van der Waals surface area contributed by atoms with Crippen molar-refractivity contribution in [2.24, 2.45) is 0 Å². The van der Waals surface area contributed by atoms with Crippen LogP contribution in [0.4, 0.5) is 0 Å². The van der Waals surface area contributed by atoms with Crippen molar-refractivity contribution >= 4 is 0 Å². The zero-order valence-electron chi connectivity index (χ0n) is 9.25. The molecule has 0 saturated carbocycles. The molecule has 2 rings (SSSR count). The summed E-state index contributed by atoms with van der Waals surface area (Å²) in [6, 6.07) is 0. The smallest absolute Gasteiger partial charge is 0.119 e. The number of hydrogen-bond acceptors (Lipinski definition) is 4. The van der Waals surface area contributed by atoms with Crippen molar-refractivity contribution in [2.45, 2.75) is 6.29 Å². The molecule has 0 atom stereocenters. The molecular weight excluding hydrogens is 164 g/mol. The first-order chi connectivity index (χ1) is 6.20. The molecule has 4 heteroatoms. The number of nitrogens with one attached hydrogen (secondary N) is 1. The Morgan fingerprint density at radius 1 is 0.923 bits per heavy atom. The Morgan fingerprint density at radius 2 is 1.31 bits per heavy atom. The Bertz CT molecular complexity index is 137. The molecule has 0 radical (unpaired) electrons. The summed E-state index contributed by atoms with van der Waals surface area (Å²) in [7, 11) is 8.15. The Morgan fingerprint density at radius 3 is 1.62 bits per heavy atom. The summed E-state index contributed by atoms with van der Waals surface area (Å²) < 4.78 is 0. The van der Waals surface area contributed by atoms with E-state index in [1.165, 1.54) is 26.2 Å². The Hall–Kier alpha value is -0.160. The van der Waals surface area contributed by atoms with Gasteiger partial charge in [-0.25, -0.2) is 0 Å². The summed E-state index contributed by atoms with van der Waals surface area (Å²) in [6.45, 7) is 4.97. The monoisotopic (exact) mass is 186 g/mol. The van der Waals surface area contributed by atoms with Crippen LogP contribution in [0.1, 0.15) is 0 Å². The number of nitrogens with zero attached hydrogens (tertiary/aromatic N) is 3. The van der Waals surface area contributed by atoms with Gasteiger partial charge in [0.15, 0.2) is 0 Å². The minimum Gasteiger partial charge on any atom is -0.323 e. The molecule has 0 spiro atoms. The van der Waals surface area contributed by atoms with Gasteiger partial charge in [0.05, 0.1) is 0 Å². The van der Waals surface area contributed by atoms with E-state index in [0.717, 1.165) is 0 Å². The lowest BCUT2D eigenvalue weighted by Gasteiger charge is -2.25. The van der Waals surface area contributed by atoms with Gasteiger partial charge in [-0.05, 0) is 28.2 Å². The Labute approximate surface area is 81.5 Å². The molecule has 2 fully saturated rings. The maximum absolute atomic E-state index is 2.75. The summed E-state index contributed by atoms with van der Waals surface area (Å²) in [5, 5.41) is 2.75. The van der Waals surface area contributed by atoms with E-state index in [4.69, 9.17) is 0 Å². The molecule has 4 nitrogen and oxygen atoms in total. The van der Waals surface area contributed by atoms with Crippen molar-refractivity contribution in [3.05, 3.63) is 0 Å². The maximum Gasteiger partial charge on any atom is 0.119 e. The van der Waals surface area contributed by atoms with Crippen molar-refractivity contribution in [1.29, 1.82) is 0 Å². The highest BCUT2D eigenvalue weighted by atomic mass is 15.6. The Balaban J connectivity index is 0.000000251. The van der Waals surface area contributed by atoms with Gasteiger partial charge in [-0.1, -0.05) is 0 Å². The SMILES string of the molecule is CN1CCN2CCN(C)C12.CNC. The van der Waals surface area contributed by atoms with Crippen molar-refractivity contribution in [3.8, 4) is 0 Å². The first-order valence-corrected chi connectivity index (χ1v) is 4.93. The van der Waals surface area contributed by atoms with Gasteiger partial charge in [0, 0.05) is 26.2 Å². The summed E-state index contributed by atoms with van der Waals surface area (Å²) in [5.74, 6) is 0. The second-order valence-electron chi connectivity index (χ2n) is 3.84. The average Bonchev–Trinajstić information content (AvgIpc) is 2.60. The summed E-state index contributed by atoms with van der Waals surface area (Å²) in [5.41, 5.74) is 0. The number of hydrogen-bond donors (Lipinski definition) is 1. The van der Waals surface area contributed by atoms with Crippen LogP contribution in [0.15, 0.2) is 0 Å². The largest absolute Gasteiger partial charge is 0.323 e. The summed E-state index contributed by atoms with van der Waals surface area (Å²) in [6.07, 6.45) is 0.611. The van der Waals surface area contributed by atoms with Crippen LogP contribution in [-0.4, -0.2) is 75.4 Å². The molecule has 0 bridgehead atoms. The van der Waals surface area contributed by atoms with Crippen LogP contribution in [0.3, 0.4) is 0 Å². The molecule has 2 heterocycles. The topological polar surface area (TPSA) is 21.8 Å². The Kier molecular flexibility index (Phi) is 4.12. The van der Waals surface area contributed by atoms with Gasteiger partial charge in [-0.15, -0.1) is 0 Å². The van der Waals surface area contributed by atoms with Crippen LogP contribution in [0, 0.1) is 0 Å². The van der Waals surface area contributed by atoms with Crippen LogP contribution < -0.4 is 5.32 Å². The number of likely N-dealkylation sites (N-methyl/N-ethyl adjacent to an activating group) is 2. The molecule has 2 saturated heterocycles. The average molecular weight is 186 g/mol. The van der Waals surface area contributed by atoms with E-state index in [-0.39, 0.29) is 0 Å². The number of rotatable bonds is 0. The lowest BCUT2D eigenvalue weighted by atomic mass is 10.5. The van der Waals surface area contributed by atoms with Gasteiger partial charge < -0.3 is 5.32 Å². The second-order valence-corrected chi connectivity index (χ2v) is 3.84. The maximum atomic E-state index is 2.75. The molecule has 0 aromatic rings. The van der Waals surface area contributed by atoms with Gasteiger partial charge in [0.25, 0.3) is 0 Å². The molecule has 13 heavy (non-hydrogen) atoms. The highest BCUT2D eigenvalue weighted by molar-refractivity contribution is 4.84. The van der Waals surface area contributed by atoms with Gasteiger partial charge in [-0.2, -0.15) is 0 Å². The normalized spacial score (nSPS) is 25.8. The van der Waals surface area contributed by atoms with Crippen LogP contribution in [-0.2, 0) is 0 Å². The fourth-order valence-corrected chi connectivity index (χ4v) is 2.04. The van der Waals surface area contributed by atoms with E-state index in [1.807, 2.05) is 14.1 Å². The molecule has 0 aromatic carbocycles. The third-order valence-corrected chi connectivity index (χ3v) is 2.59. The standard InChI is InChI=1S/C7H15N3.C2H7N/c1-8-3-5-10-6-4-9(2)7(8)10;1-3-2/h7H,3-6H2,1-2H3;3H,1-2H3. The highest BCUT2D eigenvalue weighted by Gasteiger charge is 2.36. The van der Waals surface area contributed by atoms with E-state index in [1.54, 1.807) is 0 Å². The van der Waals surface area contributed by atoms with Gasteiger partial charge >= 0.3 is 0 Å². The van der Waals surface area contributed by atoms with Gasteiger partial charge in [0.2, 0.25) is 0 Å². The van der Waals surface area contributed by atoms with Gasteiger partial charge in [0.1, 0.15) is 6.29 Å². The third kappa shape index (κ3) is 2.40. The van der Waals surface area contributed by atoms with Crippen LogP contribution >= 0.6 is 0 Å². The van der Waals surface area contributed by atoms with Crippen LogP contribution in [0.5, 0.6) is 0 Å². The first-order valence-electron chi connectivity index (χ1n) is 4.93. The summed E-state index contributed by atoms with van der Waals surface area (Å²) in [4.78, 5) is 7.35. The zero-order chi connectivity index (χ0) is 9.84. The lowest BCUT2D eigenvalue weighted by molar-refractivity contribution is 0.0882. The molecular formula is C9H22N4.